The van der Waals surface area contributed by atoms with Crippen LogP contribution >= 0.6 is 0 Å². The molecule has 3 rings (SSSR count). The quantitative estimate of drug-likeness (QED) is 0.545. The van der Waals surface area contributed by atoms with Crippen molar-refractivity contribution >= 4 is 16.9 Å². The van der Waals surface area contributed by atoms with Crippen molar-refractivity contribution in [3.8, 4) is 11.3 Å². The number of fused-ring (bicyclic) bond motifs is 1. The topological polar surface area (TPSA) is 61.0 Å². The Morgan fingerprint density at radius 2 is 1.72 bits per heavy atom. The van der Waals surface area contributed by atoms with Gasteiger partial charge < -0.3 is 26.5 Å². The number of carbonyl (C=O) groups excluding carboxylic acids is 1. The van der Waals surface area contributed by atoms with Gasteiger partial charge in [-0.2, -0.15) is 0 Å². The number of hydrogen-bond donors (Lipinski definition) is 1. The van der Waals surface area contributed by atoms with Gasteiger partial charge >= 0.3 is 5.97 Å². The first-order chi connectivity index (χ1) is 13.6. The van der Waals surface area contributed by atoms with E-state index < -0.39 is 5.97 Å². The van der Waals surface area contributed by atoms with Crippen molar-refractivity contribution in [1.82, 2.24) is 0 Å². The Labute approximate surface area is 176 Å². The van der Waals surface area contributed by atoms with E-state index in [2.05, 4.69) is 13.8 Å². The minimum absolute atomic E-state index is 0. The predicted molar refractivity (Wildman–Crippen MR) is 110 cm³/mol. The third-order valence-corrected chi connectivity index (χ3v) is 5.09. The van der Waals surface area contributed by atoms with Gasteiger partial charge in [-0.15, -0.1) is 0 Å². The van der Waals surface area contributed by atoms with E-state index in [4.69, 9.17) is 9.15 Å². The molecule has 2 aromatic carbocycles. The molecule has 0 unspecified atom stereocenters. The zero-order chi connectivity index (χ0) is 20.1. The third kappa shape index (κ3) is 4.86. The number of likely N-dealkylation sites (N-methyl/N-ethyl adjacent to an activating group) is 1. The van der Waals surface area contributed by atoms with Crippen molar-refractivity contribution < 1.29 is 31.3 Å². The van der Waals surface area contributed by atoms with Crippen LogP contribution in [0.2, 0.25) is 0 Å². The van der Waals surface area contributed by atoms with E-state index in [1.165, 1.54) is 4.90 Å². The van der Waals surface area contributed by atoms with Gasteiger partial charge in [0, 0.05) is 11.1 Å². The Morgan fingerprint density at radius 1 is 1.03 bits per heavy atom. The van der Waals surface area contributed by atoms with Crippen molar-refractivity contribution in [2.45, 2.75) is 20.8 Å². The number of hydrogen-bond acceptors (Lipinski definition) is 4. The molecular weight excluding hydrogens is 390 g/mol. The fourth-order valence-corrected chi connectivity index (χ4v) is 3.30. The highest BCUT2D eigenvalue weighted by Crippen LogP contribution is 2.27. The van der Waals surface area contributed by atoms with Crippen LogP contribution in [0.5, 0.6) is 0 Å². The Balaban J connectivity index is 0.00000300. The maximum atomic E-state index is 12.9. The zero-order valence-corrected chi connectivity index (χ0v) is 17.7. The summed E-state index contributed by atoms with van der Waals surface area (Å²) in [5, 5.41) is 0.390. The summed E-state index contributed by atoms with van der Waals surface area (Å²) in [4.78, 5) is 26.9. The SMILES string of the molecule is CC[NH+](CC)CCOC(=O)c1cccc2c(=O)c(C)c(-c3ccccc3)oc12.[Cl-]. The Morgan fingerprint density at radius 3 is 2.38 bits per heavy atom. The van der Waals surface area contributed by atoms with Gasteiger partial charge in [0.2, 0.25) is 0 Å². The van der Waals surface area contributed by atoms with E-state index in [1.807, 2.05) is 30.3 Å². The van der Waals surface area contributed by atoms with Crippen LogP contribution in [0.15, 0.2) is 57.7 Å². The second-order valence-corrected chi connectivity index (χ2v) is 6.78. The van der Waals surface area contributed by atoms with E-state index in [1.54, 1.807) is 25.1 Å². The summed E-state index contributed by atoms with van der Waals surface area (Å²) in [5.41, 5.74) is 1.74. The molecule has 0 saturated heterocycles. The average molecular weight is 416 g/mol. The molecule has 0 bridgehead atoms. The minimum Gasteiger partial charge on any atom is -1.00 e. The minimum atomic E-state index is -0.469. The molecule has 0 aliphatic heterocycles. The Hall–Kier alpha value is -2.63. The van der Waals surface area contributed by atoms with E-state index in [0.717, 1.165) is 25.2 Å². The first kappa shape index (κ1) is 22.7. The molecule has 154 valence electrons. The lowest BCUT2D eigenvalue weighted by atomic mass is 10.0. The Kier molecular flexibility index (Phi) is 8.00. The average Bonchev–Trinajstić information content (AvgIpc) is 2.74. The molecule has 0 atom stereocenters. The number of quaternary nitrogens is 1. The molecule has 0 aliphatic rings. The van der Waals surface area contributed by atoms with E-state index in [-0.39, 0.29) is 29.0 Å². The van der Waals surface area contributed by atoms with Gasteiger partial charge in [0.05, 0.1) is 18.5 Å². The number of halogens is 1. The normalized spacial score (nSPS) is 10.8. The number of esters is 1. The van der Waals surface area contributed by atoms with E-state index in [0.29, 0.717) is 23.3 Å². The molecule has 29 heavy (non-hydrogen) atoms. The molecule has 0 amide bonds. The van der Waals surface area contributed by atoms with Crippen LogP contribution in [0, 0.1) is 6.92 Å². The van der Waals surface area contributed by atoms with Crippen molar-refractivity contribution in [1.29, 1.82) is 0 Å². The van der Waals surface area contributed by atoms with Crippen molar-refractivity contribution in [3.05, 3.63) is 69.9 Å². The number of benzene rings is 2. The lowest BCUT2D eigenvalue weighted by Crippen LogP contribution is -3.11. The number of rotatable bonds is 7. The molecule has 0 aliphatic carbocycles. The summed E-state index contributed by atoms with van der Waals surface area (Å²) < 4.78 is 11.5. The predicted octanol–water partition coefficient (Wildman–Crippen LogP) is -0.146. The summed E-state index contributed by atoms with van der Waals surface area (Å²) in [6.07, 6.45) is 0. The smallest absolute Gasteiger partial charge is 0.342 e. The molecule has 1 N–H and O–H groups in total. The lowest BCUT2D eigenvalue weighted by Gasteiger charge is -2.15. The molecule has 0 saturated carbocycles. The lowest BCUT2D eigenvalue weighted by molar-refractivity contribution is -0.896. The molecule has 6 heteroatoms. The molecule has 1 heterocycles. The van der Waals surface area contributed by atoms with Gasteiger partial charge in [-0.1, -0.05) is 36.4 Å². The van der Waals surface area contributed by atoms with Crippen molar-refractivity contribution in [2.75, 3.05) is 26.2 Å². The molecule has 3 aromatic rings. The largest absolute Gasteiger partial charge is 1.00 e. The highest BCUT2D eigenvalue weighted by molar-refractivity contribution is 6.02. The van der Waals surface area contributed by atoms with Crippen LogP contribution in [-0.2, 0) is 4.74 Å². The van der Waals surface area contributed by atoms with Gasteiger partial charge in [-0.3, -0.25) is 4.79 Å². The summed E-state index contributed by atoms with van der Waals surface area (Å²) in [6.45, 7) is 9.00. The molecule has 0 radical (unpaired) electrons. The molecule has 5 nitrogen and oxygen atoms in total. The first-order valence-corrected chi connectivity index (χ1v) is 9.69. The van der Waals surface area contributed by atoms with Crippen molar-refractivity contribution in [2.24, 2.45) is 0 Å². The number of para-hydroxylation sites is 1. The summed E-state index contributed by atoms with van der Waals surface area (Å²) in [5.74, 6) is 0.00843. The van der Waals surface area contributed by atoms with Crippen LogP contribution < -0.4 is 22.7 Å². The van der Waals surface area contributed by atoms with Gasteiger partial charge in [-0.25, -0.2) is 4.79 Å². The number of ether oxygens (including phenoxy) is 1. The molecule has 0 spiro atoms. The molecular formula is C23H26ClNO4. The summed E-state index contributed by atoms with van der Waals surface area (Å²) in [6, 6.07) is 14.4. The highest BCUT2D eigenvalue weighted by atomic mass is 35.5. The first-order valence-electron chi connectivity index (χ1n) is 9.69. The van der Waals surface area contributed by atoms with Crippen LogP contribution in [0.4, 0.5) is 0 Å². The summed E-state index contributed by atoms with van der Waals surface area (Å²) >= 11 is 0. The van der Waals surface area contributed by atoms with Crippen molar-refractivity contribution in [3.63, 3.8) is 0 Å². The third-order valence-electron chi connectivity index (χ3n) is 5.09. The van der Waals surface area contributed by atoms with E-state index >= 15 is 0 Å². The fraction of sp³-hybridized carbons (Fsp3) is 0.304. The monoisotopic (exact) mass is 415 g/mol. The van der Waals surface area contributed by atoms with E-state index in [9.17, 15) is 9.59 Å². The zero-order valence-electron chi connectivity index (χ0n) is 17.0. The second-order valence-electron chi connectivity index (χ2n) is 6.78. The molecule has 0 fully saturated rings. The van der Waals surface area contributed by atoms with Crippen LogP contribution in [-0.4, -0.2) is 32.2 Å². The van der Waals surface area contributed by atoms with Crippen LogP contribution in [0.3, 0.4) is 0 Å². The van der Waals surface area contributed by atoms with Gasteiger partial charge in [0.25, 0.3) is 0 Å². The van der Waals surface area contributed by atoms with Gasteiger partial charge in [0.1, 0.15) is 24.5 Å². The Bertz CT molecular complexity index is 1030. The maximum absolute atomic E-state index is 12.9. The number of nitrogens with one attached hydrogen (secondary N) is 1. The molecule has 1 aromatic heterocycles. The second kappa shape index (κ2) is 10.2. The van der Waals surface area contributed by atoms with Crippen LogP contribution in [0.1, 0.15) is 29.8 Å². The van der Waals surface area contributed by atoms with Gasteiger partial charge in [0.15, 0.2) is 11.0 Å². The van der Waals surface area contributed by atoms with Crippen LogP contribution in [0.25, 0.3) is 22.3 Å². The van der Waals surface area contributed by atoms with Gasteiger partial charge in [-0.05, 0) is 32.9 Å². The maximum Gasteiger partial charge on any atom is 0.342 e. The standard InChI is InChI=1S/C23H25NO4.ClH/c1-4-24(5-2)14-15-27-23(26)19-13-9-12-18-20(25)16(3)21(28-22(18)19)17-10-7-6-8-11-17;/h6-13H,4-5,14-15H2,1-3H3;1H. The fourth-order valence-electron chi connectivity index (χ4n) is 3.30. The number of carbonyl (C=O) groups is 1. The summed E-state index contributed by atoms with van der Waals surface area (Å²) in [7, 11) is 0. The highest BCUT2D eigenvalue weighted by Gasteiger charge is 2.19.